The van der Waals surface area contributed by atoms with Gasteiger partial charge in [0.25, 0.3) is 0 Å². The Labute approximate surface area is 137 Å². The Balaban J connectivity index is 2.01. The van der Waals surface area contributed by atoms with Crippen LogP contribution in [-0.2, 0) is 20.3 Å². The maximum atomic E-state index is 12.4. The summed E-state index contributed by atoms with van der Waals surface area (Å²) in [6.07, 6.45) is 4.21. The van der Waals surface area contributed by atoms with E-state index in [0.29, 0.717) is 18.5 Å². The lowest BCUT2D eigenvalue weighted by atomic mass is 10.2. The summed E-state index contributed by atoms with van der Waals surface area (Å²) in [6.45, 7) is 5.95. The minimum Gasteiger partial charge on any atom is -0.444 e. The second-order valence-electron chi connectivity index (χ2n) is 6.88. The molecule has 2 rings (SSSR count). The monoisotopic (exact) mass is 340 g/mol. The number of aromatic nitrogens is 1. The summed E-state index contributed by atoms with van der Waals surface area (Å²) in [6, 6.07) is 3.08. The minimum absolute atomic E-state index is 0.0332. The number of ether oxygens (including phenoxy) is 1. The third-order valence-corrected chi connectivity index (χ3v) is 5.25. The molecular weight excluding hydrogens is 316 g/mol. The second kappa shape index (κ2) is 6.86. The highest BCUT2D eigenvalue weighted by Gasteiger charge is 2.34. The van der Waals surface area contributed by atoms with Gasteiger partial charge in [0.05, 0.1) is 11.5 Å². The molecule has 0 spiro atoms. The maximum absolute atomic E-state index is 12.4. The second-order valence-corrected chi connectivity index (χ2v) is 8.99. The Kier molecular flexibility index (Phi) is 5.29. The number of sulfone groups is 1. The van der Waals surface area contributed by atoms with E-state index in [1.54, 1.807) is 50.2 Å². The van der Waals surface area contributed by atoms with Crippen LogP contribution in [0.5, 0.6) is 0 Å². The summed E-state index contributed by atoms with van der Waals surface area (Å²) in [5.74, 6) is -0.0667. The van der Waals surface area contributed by atoms with Gasteiger partial charge in [0.1, 0.15) is 5.60 Å². The number of likely N-dealkylation sites (tertiary alicyclic amines) is 1. The predicted octanol–water partition coefficient (Wildman–Crippen LogP) is 2.40. The molecule has 128 valence electrons. The molecule has 0 saturated carbocycles. The number of hydrogen-bond acceptors (Lipinski definition) is 5. The zero-order chi connectivity index (χ0) is 17.1. The lowest BCUT2D eigenvalue weighted by Crippen LogP contribution is -2.42. The van der Waals surface area contributed by atoms with Gasteiger partial charge in [-0.05, 0) is 51.3 Å². The molecule has 1 atom stereocenters. The van der Waals surface area contributed by atoms with Gasteiger partial charge in [0, 0.05) is 25.0 Å². The van der Waals surface area contributed by atoms with Gasteiger partial charge in [-0.2, -0.15) is 0 Å². The third-order valence-electron chi connectivity index (χ3n) is 3.59. The first kappa shape index (κ1) is 17.7. The molecule has 0 N–H and O–H groups in total. The van der Waals surface area contributed by atoms with E-state index in [1.165, 1.54) is 0 Å². The molecule has 1 fully saturated rings. The molecule has 1 aromatic heterocycles. The van der Waals surface area contributed by atoms with E-state index in [9.17, 15) is 13.2 Å². The zero-order valence-electron chi connectivity index (χ0n) is 13.9. The van der Waals surface area contributed by atoms with Crippen molar-refractivity contribution in [1.82, 2.24) is 9.88 Å². The molecule has 0 aliphatic carbocycles. The van der Waals surface area contributed by atoms with E-state index < -0.39 is 21.5 Å². The van der Waals surface area contributed by atoms with Crippen LogP contribution in [0.3, 0.4) is 0 Å². The minimum atomic E-state index is -3.31. The highest BCUT2D eigenvalue weighted by atomic mass is 32.2. The summed E-state index contributed by atoms with van der Waals surface area (Å²) in [4.78, 5) is 17.7. The van der Waals surface area contributed by atoms with Gasteiger partial charge >= 0.3 is 6.09 Å². The molecule has 1 aliphatic rings. The maximum Gasteiger partial charge on any atom is 0.410 e. The van der Waals surface area contributed by atoms with Crippen LogP contribution in [0.4, 0.5) is 4.79 Å². The third kappa shape index (κ3) is 5.49. The van der Waals surface area contributed by atoms with E-state index in [-0.39, 0.29) is 17.5 Å². The van der Waals surface area contributed by atoms with Gasteiger partial charge < -0.3 is 9.64 Å². The van der Waals surface area contributed by atoms with Crippen molar-refractivity contribution < 1.29 is 17.9 Å². The fourth-order valence-electron chi connectivity index (χ4n) is 2.65. The van der Waals surface area contributed by atoms with Crippen LogP contribution in [0.2, 0.25) is 0 Å². The van der Waals surface area contributed by atoms with Crippen molar-refractivity contribution >= 4 is 15.9 Å². The molecule has 7 heteroatoms. The first-order chi connectivity index (χ1) is 10.7. The van der Waals surface area contributed by atoms with Crippen molar-refractivity contribution in [2.75, 3.05) is 12.3 Å². The van der Waals surface area contributed by atoms with Crippen LogP contribution in [0, 0.1) is 0 Å². The molecule has 0 bridgehead atoms. The normalized spacial score (nSPS) is 18.9. The van der Waals surface area contributed by atoms with Crippen LogP contribution >= 0.6 is 0 Å². The van der Waals surface area contributed by atoms with Gasteiger partial charge in [0.15, 0.2) is 9.84 Å². The fraction of sp³-hybridized carbons (Fsp3) is 0.625. The zero-order valence-corrected chi connectivity index (χ0v) is 14.7. The van der Waals surface area contributed by atoms with E-state index >= 15 is 0 Å². The molecule has 6 nitrogen and oxygen atoms in total. The summed E-state index contributed by atoms with van der Waals surface area (Å²) < 4.78 is 30.2. The quantitative estimate of drug-likeness (QED) is 0.841. The molecule has 0 radical (unpaired) electrons. The number of hydrogen-bond donors (Lipinski definition) is 0. The van der Waals surface area contributed by atoms with Crippen molar-refractivity contribution in [1.29, 1.82) is 0 Å². The Bertz CT molecular complexity index is 638. The molecule has 1 aliphatic heterocycles. The summed E-state index contributed by atoms with van der Waals surface area (Å²) in [5, 5.41) is 0. The average Bonchev–Trinajstić information content (AvgIpc) is 2.84. The topological polar surface area (TPSA) is 76.6 Å². The van der Waals surface area contributed by atoms with Crippen LogP contribution in [-0.4, -0.2) is 48.3 Å². The largest absolute Gasteiger partial charge is 0.444 e. The van der Waals surface area contributed by atoms with Gasteiger partial charge in [0.2, 0.25) is 0 Å². The number of carbonyl (C=O) groups is 1. The molecule has 0 aromatic carbocycles. The first-order valence-corrected chi connectivity index (χ1v) is 9.57. The molecule has 2 heterocycles. The molecule has 1 unspecified atom stereocenters. The first-order valence-electron chi connectivity index (χ1n) is 7.75. The Morgan fingerprint density at radius 3 is 2.61 bits per heavy atom. The van der Waals surface area contributed by atoms with Gasteiger partial charge in [-0.3, -0.25) is 4.98 Å². The SMILES string of the molecule is CC(C)(C)OC(=O)N1CCCC1CS(=O)(=O)Cc1ccncc1. The predicted molar refractivity (Wildman–Crippen MR) is 87.7 cm³/mol. The number of pyridine rings is 1. The number of nitrogens with zero attached hydrogens (tertiary/aromatic N) is 2. The van der Waals surface area contributed by atoms with E-state index in [1.807, 2.05) is 0 Å². The molecular formula is C16H24N2O4S. The van der Waals surface area contributed by atoms with Crippen molar-refractivity contribution in [2.24, 2.45) is 0 Å². The Morgan fingerprint density at radius 2 is 2.00 bits per heavy atom. The number of rotatable bonds is 4. The lowest BCUT2D eigenvalue weighted by molar-refractivity contribution is 0.0241. The summed E-state index contributed by atoms with van der Waals surface area (Å²) >= 11 is 0. The van der Waals surface area contributed by atoms with Crippen LogP contribution in [0.1, 0.15) is 39.2 Å². The summed E-state index contributed by atoms with van der Waals surface area (Å²) in [5.41, 5.74) is 0.127. The number of carbonyl (C=O) groups excluding carboxylic acids is 1. The van der Waals surface area contributed by atoms with E-state index in [2.05, 4.69) is 4.98 Å². The average molecular weight is 340 g/mol. The van der Waals surface area contributed by atoms with Gasteiger partial charge in [-0.25, -0.2) is 13.2 Å². The van der Waals surface area contributed by atoms with E-state index in [4.69, 9.17) is 4.74 Å². The highest BCUT2D eigenvalue weighted by Crippen LogP contribution is 2.23. The van der Waals surface area contributed by atoms with Crippen LogP contribution < -0.4 is 0 Å². The number of amides is 1. The summed E-state index contributed by atoms with van der Waals surface area (Å²) in [7, 11) is -3.31. The van der Waals surface area contributed by atoms with Crippen molar-refractivity contribution in [3.05, 3.63) is 30.1 Å². The standard InChI is InChI=1S/C16H24N2O4S/c1-16(2,3)22-15(19)18-10-4-5-14(18)12-23(20,21)11-13-6-8-17-9-7-13/h6-9,14H,4-5,10-12H2,1-3H3. The van der Waals surface area contributed by atoms with Crippen molar-refractivity contribution in [3.8, 4) is 0 Å². The molecule has 1 saturated heterocycles. The molecule has 23 heavy (non-hydrogen) atoms. The Morgan fingerprint density at radius 1 is 1.35 bits per heavy atom. The Hall–Kier alpha value is -1.63. The van der Waals surface area contributed by atoms with Crippen molar-refractivity contribution in [3.63, 3.8) is 0 Å². The van der Waals surface area contributed by atoms with Crippen molar-refractivity contribution in [2.45, 2.75) is 51.0 Å². The molecule has 1 amide bonds. The fourth-order valence-corrected chi connectivity index (χ4v) is 4.41. The van der Waals surface area contributed by atoms with E-state index in [0.717, 1.165) is 6.42 Å². The highest BCUT2D eigenvalue weighted by molar-refractivity contribution is 7.90. The smallest absolute Gasteiger partial charge is 0.410 e. The van der Waals surface area contributed by atoms with Crippen LogP contribution in [0.25, 0.3) is 0 Å². The van der Waals surface area contributed by atoms with Crippen LogP contribution in [0.15, 0.2) is 24.5 Å². The van der Waals surface area contributed by atoms with Gasteiger partial charge in [-0.1, -0.05) is 0 Å². The molecule has 1 aromatic rings. The lowest BCUT2D eigenvalue weighted by Gasteiger charge is -2.28. The van der Waals surface area contributed by atoms with Gasteiger partial charge in [-0.15, -0.1) is 0 Å².